The van der Waals surface area contributed by atoms with E-state index in [4.69, 9.17) is 4.74 Å². The molecule has 0 aromatic heterocycles. The summed E-state index contributed by atoms with van der Waals surface area (Å²) in [7, 11) is 1.98. The Bertz CT molecular complexity index is 409. The summed E-state index contributed by atoms with van der Waals surface area (Å²) < 4.78 is 18.3. The highest BCUT2D eigenvalue weighted by Gasteiger charge is 2.05. The van der Waals surface area contributed by atoms with Crippen LogP contribution in [0.5, 0.6) is 0 Å². The Hall–Kier alpha value is -1.42. The van der Waals surface area contributed by atoms with E-state index in [2.05, 4.69) is 4.90 Å². The first-order valence-electron chi connectivity index (χ1n) is 7.21. The van der Waals surface area contributed by atoms with Crippen LogP contribution in [0.1, 0.15) is 38.2 Å². The molecule has 0 N–H and O–H groups in total. The van der Waals surface area contributed by atoms with Gasteiger partial charge in [-0.2, -0.15) is 0 Å². The average molecular weight is 281 g/mol. The van der Waals surface area contributed by atoms with Gasteiger partial charge < -0.3 is 9.64 Å². The number of hydrogen-bond acceptors (Lipinski definition) is 3. The van der Waals surface area contributed by atoms with E-state index in [-0.39, 0.29) is 11.8 Å². The van der Waals surface area contributed by atoms with Gasteiger partial charge in [0.1, 0.15) is 5.82 Å². The van der Waals surface area contributed by atoms with Crippen molar-refractivity contribution in [2.24, 2.45) is 0 Å². The lowest BCUT2D eigenvalue weighted by Gasteiger charge is -2.16. The maximum absolute atomic E-state index is 13.5. The molecule has 4 heteroatoms. The molecule has 0 saturated heterocycles. The molecular weight excluding hydrogens is 257 g/mol. The second-order valence-electron chi connectivity index (χ2n) is 4.94. The van der Waals surface area contributed by atoms with Crippen LogP contribution in [-0.4, -0.2) is 31.1 Å². The van der Waals surface area contributed by atoms with Crippen LogP contribution in [0, 0.1) is 5.82 Å². The molecule has 0 fully saturated rings. The maximum atomic E-state index is 13.5. The van der Waals surface area contributed by atoms with Crippen LogP contribution in [0.3, 0.4) is 0 Å². The summed E-state index contributed by atoms with van der Waals surface area (Å²) in [6, 6.07) is 6.86. The van der Waals surface area contributed by atoms with E-state index in [1.54, 1.807) is 6.07 Å². The first-order chi connectivity index (χ1) is 9.63. The fourth-order valence-corrected chi connectivity index (χ4v) is 2.06. The van der Waals surface area contributed by atoms with Gasteiger partial charge in [0.25, 0.3) is 0 Å². The molecule has 0 unspecified atom stereocenters. The number of ether oxygens (including phenoxy) is 1. The third-order valence-corrected chi connectivity index (χ3v) is 3.12. The van der Waals surface area contributed by atoms with Crippen molar-refractivity contribution in [2.75, 3.05) is 20.2 Å². The van der Waals surface area contributed by atoms with Gasteiger partial charge in [-0.05, 0) is 39.4 Å². The molecule has 3 nitrogen and oxygen atoms in total. The van der Waals surface area contributed by atoms with Crippen LogP contribution in [0.4, 0.5) is 4.39 Å². The predicted octanol–water partition coefficient (Wildman–Crippen LogP) is 3.38. The molecule has 0 aliphatic rings. The van der Waals surface area contributed by atoms with Crippen LogP contribution < -0.4 is 0 Å². The minimum atomic E-state index is -0.151. The highest BCUT2D eigenvalue weighted by Crippen LogP contribution is 2.10. The molecule has 0 aliphatic heterocycles. The smallest absolute Gasteiger partial charge is 0.305 e. The minimum absolute atomic E-state index is 0.118. The second kappa shape index (κ2) is 9.48. The van der Waals surface area contributed by atoms with E-state index >= 15 is 0 Å². The van der Waals surface area contributed by atoms with Gasteiger partial charge in [-0.3, -0.25) is 4.79 Å². The number of esters is 1. The molecule has 0 amide bonds. The molecule has 0 atom stereocenters. The lowest BCUT2D eigenvalue weighted by molar-refractivity contribution is -0.143. The van der Waals surface area contributed by atoms with E-state index in [9.17, 15) is 9.18 Å². The van der Waals surface area contributed by atoms with Crippen LogP contribution in [0.15, 0.2) is 24.3 Å². The number of rotatable bonds is 9. The van der Waals surface area contributed by atoms with Crippen molar-refractivity contribution in [3.05, 3.63) is 35.6 Å². The van der Waals surface area contributed by atoms with Crippen molar-refractivity contribution < 1.29 is 13.9 Å². The normalized spacial score (nSPS) is 10.8. The number of nitrogens with zero attached hydrogens (tertiary/aromatic N) is 1. The Morgan fingerprint density at radius 3 is 2.70 bits per heavy atom. The van der Waals surface area contributed by atoms with Crippen LogP contribution in [0.2, 0.25) is 0 Å². The van der Waals surface area contributed by atoms with Gasteiger partial charge >= 0.3 is 5.97 Å². The Labute approximate surface area is 120 Å². The van der Waals surface area contributed by atoms with E-state index in [0.29, 0.717) is 19.6 Å². The van der Waals surface area contributed by atoms with Crippen molar-refractivity contribution in [1.82, 2.24) is 4.90 Å². The van der Waals surface area contributed by atoms with Crippen molar-refractivity contribution >= 4 is 5.97 Å². The van der Waals surface area contributed by atoms with E-state index < -0.39 is 0 Å². The number of carbonyl (C=O) groups is 1. The molecular formula is C16H24FNO2. The lowest BCUT2D eigenvalue weighted by Crippen LogP contribution is -2.19. The van der Waals surface area contributed by atoms with Crippen LogP contribution >= 0.6 is 0 Å². The molecule has 0 saturated carbocycles. The number of unbranched alkanes of at least 4 members (excludes halogenated alkanes) is 2. The molecule has 20 heavy (non-hydrogen) atoms. The zero-order valence-corrected chi connectivity index (χ0v) is 12.4. The van der Waals surface area contributed by atoms with Gasteiger partial charge in [-0.15, -0.1) is 0 Å². The van der Waals surface area contributed by atoms with Crippen LogP contribution in [0.25, 0.3) is 0 Å². The second-order valence-corrected chi connectivity index (χ2v) is 4.94. The summed E-state index contributed by atoms with van der Waals surface area (Å²) in [4.78, 5) is 13.2. The number of hydrogen-bond donors (Lipinski definition) is 0. The van der Waals surface area contributed by atoms with Gasteiger partial charge in [0.2, 0.25) is 0 Å². The molecule has 0 heterocycles. The highest BCUT2D eigenvalue weighted by atomic mass is 19.1. The SMILES string of the molecule is CCOC(=O)CCCCCN(C)Cc1ccccc1F. The van der Waals surface area contributed by atoms with Gasteiger partial charge in [0.05, 0.1) is 6.61 Å². The molecule has 1 aromatic rings. The summed E-state index contributed by atoms with van der Waals surface area (Å²) in [6.07, 6.45) is 3.34. The lowest BCUT2D eigenvalue weighted by atomic mass is 10.1. The molecule has 0 bridgehead atoms. The zero-order chi connectivity index (χ0) is 14.8. The van der Waals surface area contributed by atoms with Gasteiger partial charge in [-0.1, -0.05) is 24.6 Å². The summed E-state index contributed by atoms with van der Waals surface area (Å²) in [5, 5.41) is 0. The number of carbonyl (C=O) groups excluding carboxylic acids is 1. The standard InChI is InChI=1S/C16H24FNO2/c1-3-20-16(19)11-5-4-8-12-18(2)13-14-9-6-7-10-15(14)17/h6-7,9-10H,3-5,8,11-13H2,1-2H3. The third kappa shape index (κ3) is 6.66. The summed E-state index contributed by atoms with van der Waals surface area (Å²) in [6.45, 7) is 3.78. The monoisotopic (exact) mass is 281 g/mol. The van der Waals surface area contributed by atoms with E-state index in [1.807, 2.05) is 26.1 Å². The van der Waals surface area contributed by atoms with Gasteiger partial charge in [0.15, 0.2) is 0 Å². The molecule has 0 radical (unpaired) electrons. The summed E-state index contributed by atoms with van der Waals surface area (Å²) in [5.41, 5.74) is 0.724. The first-order valence-corrected chi connectivity index (χ1v) is 7.21. The predicted molar refractivity (Wildman–Crippen MR) is 77.8 cm³/mol. The molecule has 0 spiro atoms. The van der Waals surface area contributed by atoms with E-state index in [0.717, 1.165) is 31.4 Å². The van der Waals surface area contributed by atoms with Gasteiger partial charge in [0, 0.05) is 18.5 Å². The summed E-state index contributed by atoms with van der Waals surface area (Å²) in [5.74, 6) is -0.270. The summed E-state index contributed by atoms with van der Waals surface area (Å²) >= 11 is 0. The largest absolute Gasteiger partial charge is 0.466 e. The Balaban J connectivity index is 2.13. The zero-order valence-electron chi connectivity index (χ0n) is 12.4. The fraction of sp³-hybridized carbons (Fsp3) is 0.562. The minimum Gasteiger partial charge on any atom is -0.466 e. The Kier molecular flexibility index (Phi) is 7.88. The third-order valence-electron chi connectivity index (χ3n) is 3.12. The van der Waals surface area contributed by atoms with Crippen LogP contribution in [-0.2, 0) is 16.1 Å². The first kappa shape index (κ1) is 16.6. The Morgan fingerprint density at radius 1 is 1.25 bits per heavy atom. The van der Waals surface area contributed by atoms with Crippen molar-refractivity contribution in [2.45, 2.75) is 39.2 Å². The van der Waals surface area contributed by atoms with Crippen molar-refractivity contribution in [3.63, 3.8) is 0 Å². The van der Waals surface area contributed by atoms with Crippen molar-refractivity contribution in [1.29, 1.82) is 0 Å². The van der Waals surface area contributed by atoms with Crippen molar-refractivity contribution in [3.8, 4) is 0 Å². The number of benzene rings is 1. The van der Waals surface area contributed by atoms with Gasteiger partial charge in [-0.25, -0.2) is 4.39 Å². The Morgan fingerprint density at radius 2 is 2.00 bits per heavy atom. The average Bonchev–Trinajstić information content (AvgIpc) is 2.41. The maximum Gasteiger partial charge on any atom is 0.305 e. The number of halogens is 1. The van der Waals surface area contributed by atoms with E-state index in [1.165, 1.54) is 6.07 Å². The molecule has 112 valence electrons. The fourth-order valence-electron chi connectivity index (χ4n) is 2.06. The molecule has 1 aromatic carbocycles. The molecule has 1 rings (SSSR count). The molecule has 0 aliphatic carbocycles. The topological polar surface area (TPSA) is 29.5 Å². The quantitative estimate of drug-likeness (QED) is 0.513. The highest BCUT2D eigenvalue weighted by molar-refractivity contribution is 5.69.